The van der Waals surface area contributed by atoms with Crippen molar-refractivity contribution in [2.45, 2.75) is 45.8 Å². The third kappa shape index (κ3) is 5.32. The summed E-state index contributed by atoms with van der Waals surface area (Å²) in [6.45, 7) is 8.02. The summed E-state index contributed by atoms with van der Waals surface area (Å²) in [5.74, 6) is 0.820. The van der Waals surface area contributed by atoms with Crippen LogP contribution in [0.3, 0.4) is 0 Å². The molecule has 0 saturated heterocycles. The van der Waals surface area contributed by atoms with Crippen molar-refractivity contribution in [2.75, 3.05) is 20.1 Å². The van der Waals surface area contributed by atoms with E-state index in [-0.39, 0.29) is 0 Å². The highest BCUT2D eigenvalue weighted by atomic mass is 79.9. The lowest BCUT2D eigenvalue weighted by Gasteiger charge is -2.26. The van der Waals surface area contributed by atoms with Crippen molar-refractivity contribution in [3.8, 4) is 0 Å². The number of nitrogens with zero attached hydrogens (tertiary/aromatic N) is 3. The lowest BCUT2D eigenvalue weighted by atomic mass is 9.98. The molecular formula is C16H29BrN4O. The molecular weight excluding hydrogens is 344 g/mol. The van der Waals surface area contributed by atoms with Crippen molar-refractivity contribution in [2.24, 2.45) is 12.0 Å². The Bertz CT molecular complexity index is 494. The van der Waals surface area contributed by atoms with Gasteiger partial charge in [-0.1, -0.05) is 13.8 Å². The minimum atomic E-state index is -0.713. The number of rotatable bonds is 7. The van der Waals surface area contributed by atoms with E-state index < -0.39 is 5.60 Å². The zero-order valence-corrected chi connectivity index (χ0v) is 15.9. The van der Waals surface area contributed by atoms with Crippen LogP contribution in [0.15, 0.2) is 21.7 Å². The molecule has 1 heterocycles. The van der Waals surface area contributed by atoms with Crippen LogP contribution in [0.4, 0.5) is 0 Å². The number of hydrogen-bond donors (Lipinski definition) is 2. The molecule has 2 N–H and O–H groups in total. The Kier molecular flexibility index (Phi) is 7.42. The SMILES string of the molecule is CCNC(=NCC(O)(CC)CC)N(C)Cc1cc(Br)cn1C. The molecule has 0 radical (unpaired) electrons. The fourth-order valence-electron chi connectivity index (χ4n) is 2.21. The Morgan fingerprint density at radius 1 is 1.41 bits per heavy atom. The van der Waals surface area contributed by atoms with Crippen LogP contribution < -0.4 is 5.32 Å². The van der Waals surface area contributed by atoms with E-state index in [0.717, 1.165) is 23.5 Å². The molecule has 0 fully saturated rings. The first-order chi connectivity index (χ1) is 10.3. The van der Waals surface area contributed by atoms with Gasteiger partial charge in [0.15, 0.2) is 5.96 Å². The maximum atomic E-state index is 10.4. The molecule has 1 aromatic rings. The molecule has 0 amide bonds. The Hall–Kier alpha value is -1.01. The van der Waals surface area contributed by atoms with Gasteiger partial charge in [-0.2, -0.15) is 0 Å². The normalized spacial score (nSPS) is 12.6. The van der Waals surface area contributed by atoms with Crippen LogP contribution in [-0.2, 0) is 13.6 Å². The summed E-state index contributed by atoms with van der Waals surface area (Å²) in [5, 5.41) is 13.7. The summed E-state index contributed by atoms with van der Waals surface area (Å²) >= 11 is 3.50. The van der Waals surface area contributed by atoms with Gasteiger partial charge in [-0.25, -0.2) is 0 Å². The zero-order chi connectivity index (χ0) is 16.8. The second-order valence-electron chi connectivity index (χ2n) is 5.72. The summed E-state index contributed by atoms with van der Waals surface area (Å²) in [5.41, 5.74) is 0.483. The Balaban J connectivity index is 2.82. The second-order valence-corrected chi connectivity index (χ2v) is 6.63. The molecule has 0 aromatic carbocycles. The van der Waals surface area contributed by atoms with E-state index in [1.54, 1.807) is 0 Å². The number of aliphatic hydroxyl groups is 1. The largest absolute Gasteiger partial charge is 0.388 e. The van der Waals surface area contributed by atoms with Gasteiger partial charge >= 0.3 is 0 Å². The summed E-state index contributed by atoms with van der Waals surface area (Å²) in [6, 6.07) is 2.11. The lowest BCUT2D eigenvalue weighted by molar-refractivity contribution is 0.0416. The van der Waals surface area contributed by atoms with Crippen molar-refractivity contribution in [1.82, 2.24) is 14.8 Å². The first kappa shape index (κ1) is 19.0. The third-order valence-corrected chi connectivity index (χ3v) is 4.44. The minimum absolute atomic E-state index is 0.420. The second kappa shape index (κ2) is 8.58. The molecule has 1 aromatic heterocycles. The summed E-state index contributed by atoms with van der Waals surface area (Å²) in [4.78, 5) is 6.70. The summed E-state index contributed by atoms with van der Waals surface area (Å²) in [6.07, 6.45) is 3.46. The molecule has 126 valence electrons. The van der Waals surface area contributed by atoms with Gasteiger partial charge < -0.3 is 19.9 Å². The van der Waals surface area contributed by atoms with E-state index >= 15 is 0 Å². The molecule has 0 aliphatic rings. The van der Waals surface area contributed by atoms with Crippen LogP contribution in [0.25, 0.3) is 0 Å². The molecule has 0 aliphatic heterocycles. The van der Waals surface area contributed by atoms with Gasteiger partial charge in [-0.05, 0) is 41.8 Å². The van der Waals surface area contributed by atoms with Gasteiger partial charge in [0.2, 0.25) is 0 Å². The van der Waals surface area contributed by atoms with Crippen LogP contribution in [-0.4, -0.2) is 46.3 Å². The summed E-state index contributed by atoms with van der Waals surface area (Å²) in [7, 11) is 4.05. The van der Waals surface area contributed by atoms with Crippen LogP contribution in [0.1, 0.15) is 39.3 Å². The van der Waals surface area contributed by atoms with Crippen LogP contribution in [0.5, 0.6) is 0 Å². The summed E-state index contributed by atoms with van der Waals surface area (Å²) < 4.78 is 3.17. The predicted octanol–water partition coefficient (Wildman–Crippen LogP) is 2.74. The van der Waals surface area contributed by atoms with Crippen LogP contribution in [0, 0.1) is 0 Å². The number of halogens is 1. The molecule has 0 saturated carbocycles. The highest BCUT2D eigenvalue weighted by molar-refractivity contribution is 9.10. The Morgan fingerprint density at radius 2 is 2.05 bits per heavy atom. The van der Waals surface area contributed by atoms with Crippen molar-refractivity contribution in [1.29, 1.82) is 0 Å². The molecule has 5 nitrogen and oxygen atoms in total. The number of guanidine groups is 1. The quantitative estimate of drug-likeness (QED) is 0.571. The fourth-order valence-corrected chi connectivity index (χ4v) is 2.78. The zero-order valence-electron chi connectivity index (χ0n) is 14.4. The van der Waals surface area contributed by atoms with Gasteiger partial charge in [0.05, 0.1) is 18.7 Å². The predicted molar refractivity (Wildman–Crippen MR) is 96.1 cm³/mol. The molecule has 0 unspecified atom stereocenters. The average molecular weight is 373 g/mol. The fraction of sp³-hybridized carbons (Fsp3) is 0.688. The van der Waals surface area contributed by atoms with Crippen molar-refractivity contribution < 1.29 is 5.11 Å². The average Bonchev–Trinajstić information content (AvgIpc) is 2.80. The molecule has 1 rings (SSSR count). The topological polar surface area (TPSA) is 52.8 Å². The van der Waals surface area contributed by atoms with E-state index in [2.05, 4.69) is 41.8 Å². The van der Waals surface area contributed by atoms with Crippen molar-refractivity contribution in [3.63, 3.8) is 0 Å². The molecule has 0 bridgehead atoms. The first-order valence-electron chi connectivity index (χ1n) is 7.87. The lowest BCUT2D eigenvalue weighted by Crippen LogP contribution is -2.40. The van der Waals surface area contributed by atoms with E-state index in [0.29, 0.717) is 19.4 Å². The van der Waals surface area contributed by atoms with Gasteiger partial charge in [0.1, 0.15) is 0 Å². The number of nitrogens with one attached hydrogen (secondary N) is 1. The van der Waals surface area contributed by atoms with Crippen molar-refractivity contribution >= 4 is 21.9 Å². The van der Waals surface area contributed by atoms with Gasteiger partial charge in [0, 0.05) is 37.0 Å². The molecule has 0 aliphatic carbocycles. The van der Waals surface area contributed by atoms with E-state index in [4.69, 9.17) is 0 Å². The van der Waals surface area contributed by atoms with Gasteiger partial charge in [0.25, 0.3) is 0 Å². The van der Waals surface area contributed by atoms with Crippen molar-refractivity contribution in [3.05, 3.63) is 22.4 Å². The number of aliphatic imine (C=N–C) groups is 1. The smallest absolute Gasteiger partial charge is 0.194 e. The highest BCUT2D eigenvalue weighted by Crippen LogP contribution is 2.16. The third-order valence-electron chi connectivity index (χ3n) is 4.01. The van der Waals surface area contributed by atoms with E-state index in [9.17, 15) is 5.11 Å². The standard InChI is InChI=1S/C16H29BrN4O/c1-6-16(22,7-2)12-19-15(18-8-3)21(5)11-14-9-13(17)10-20(14)4/h9-10,22H,6-8,11-12H2,1-5H3,(H,18,19). The number of aromatic nitrogens is 1. The Morgan fingerprint density at radius 3 is 2.50 bits per heavy atom. The maximum absolute atomic E-state index is 10.4. The monoisotopic (exact) mass is 372 g/mol. The van der Waals surface area contributed by atoms with Gasteiger partial charge in [-0.15, -0.1) is 0 Å². The maximum Gasteiger partial charge on any atom is 0.194 e. The van der Waals surface area contributed by atoms with E-state index in [1.807, 2.05) is 41.1 Å². The molecule has 0 spiro atoms. The first-order valence-corrected chi connectivity index (χ1v) is 8.67. The highest BCUT2D eigenvalue weighted by Gasteiger charge is 2.22. The minimum Gasteiger partial charge on any atom is -0.388 e. The van der Waals surface area contributed by atoms with Crippen LogP contribution in [0.2, 0.25) is 0 Å². The van der Waals surface area contributed by atoms with E-state index in [1.165, 1.54) is 5.69 Å². The van der Waals surface area contributed by atoms with Crippen LogP contribution >= 0.6 is 15.9 Å². The number of hydrogen-bond acceptors (Lipinski definition) is 2. The Labute approximate surface area is 142 Å². The van der Waals surface area contributed by atoms with Gasteiger partial charge in [-0.3, -0.25) is 4.99 Å². The molecule has 0 atom stereocenters. The molecule has 22 heavy (non-hydrogen) atoms. The molecule has 6 heteroatoms. The number of aryl methyl sites for hydroxylation is 1.